The van der Waals surface area contributed by atoms with Crippen molar-refractivity contribution in [1.82, 2.24) is 5.32 Å². The number of thiophene rings is 2. The summed E-state index contributed by atoms with van der Waals surface area (Å²) in [5, 5.41) is 6.93. The van der Waals surface area contributed by atoms with Crippen LogP contribution in [0, 0.1) is 0 Å². The lowest BCUT2D eigenvalue weighted by Gasteiger charge is -2.14. The third-order valence-corrected chi connectivity index (χ3v) is 7.00. The number of alkyl halides is 3. The number of carbonyl (C=O) groups excluding carboxylic acids is 1. The molecule has 2 aromatic heterocycles. The molecule has 0 saturated carbocycles. The van der Waals surface area contributed by atoms with E-state index < -0.39 is 11.7 Å². The van der Waals surface area contributed by atoms with Crippen LogP contribution >= 0.6 is 34.3 Å². The zero-order valence-electron chi connectivity index (χ0n) is 16.6. The summed E-state index contributed by atoms with van der Waals surface area (Å²) in [5.41, 5.74) is -0.320. The molecule has 0 fully saturated rings. The van der Waals surface area contributed by atoms with Crippen molar-refractivity contribution in [1.29, 1.82) is 0 Å². The van der Waals surface area contributed by atoms with Crippen molar-refractivity contribution in [3.05, 3.63) is 79.1 Å². The van der Waals surface area contributed by atoms with E-state index in [1.807, 2.05) is 41.9 Å². The van der Waals surface area contributed by atoms with Gasteiger partial charge in [-0.05, 0) is 34.5 Å². The van der Waals surface area contributed by atoms with E-state index in [0.717, 1.165) is 17.2 Å². The molecule has 30 heavy (non-hydrogen) atoms. The van der Waals surface area contributed by atoms with Crippen molar-refractivity contribution in [2.24, 2.45) is 0 Å². The van der Waals surface area contributed by atoms with Gasteiger partial charge >= 0.3 is 6.18 Å². The molecule has 1 N–H and O–H groups in total. The SMILES string of the molecule is CC(C=O)c1cccs1.CC(CNCc1cccc(C(F)(F)F)c1Cl)c1cccs1. The van der Waals surface area contributed by atoms with Gasteiger partial charge in [0.05, 0.1) is 10.6 Å². The lowest BCUT2D eigenvalue weighted by atomic mass is 10.1. The van der Waals surface area contributed by atoms with Crippen LogP contribution in [-0.4, -0.2) is 12.8 Å². The zero-order chi connectivity index (χ0) is 22.1. The summed E-state index contributed by atoms with van der Waals surface area (Å²) < 4.78 is 38.3. The highest BCUT2D eigenvalue weighted by Crippen LogP contribution is 2.36. The Labute approximate surface area is 187 Å². The summed E-state index contributed by atoms with van der Waals surface area (Å²) in [4.78, 5) is 12.6. The van der Waals surface area contributed by atoms with Crippen LogP contribution in [-0.2, 0) is 17.5 Å². The average Bonchev–Trinajstić information content (AvgIpc) is 3.42. The van der Waals surface area contributed by atoms with Gasteiger partial charge in [0.2, 0.25) is 0 Å². The van der Waals surface area contributed by atoms with Crippen LogP contribution in [0.3, 0.4) is 0 Å². The monoisotopic (exact) mass is 473 g/mol. The first-order valence-electron chi connectivity index (χ1n) is 9.31. The molecule has 0 aliphatic heterocycles. The molecule has 0 saturated heterocycles. The number of carbonyl (C=O) groups is 1. The maximum absolute atomic E-state index is 12.8. The van der Waals surface area contributed by atoms with Crippen molar-refractivity contribution in [2.75, 3.05) is 6.54 Å². The van der Waals surface area contributed by atoms with Gasteiger partial charge in [0.1, 0.15) is 6.29 Å². The molecule has 2 heterocycles. The van der Waals surface area contributed by atoms with Crippen LogP contribution in [0.25, 0.3) is 0 Å². The van der Waals surface area contributed by atoms with E-state index in [-0.39, 0.29) is 10.9 Å². The van der Waals surface area contributed by atoms with Gasteiger partial charge in [-0.2, -0.15) is 13.2 Å². The molecule has 8 heteroatoms. The summed E-state index contributed by atoms with van der Waals surface area (Å²) >= 11 is 9.15. The summed E-state index contributed by atoms with van der Waals surface area (Å²) in [6, 6.07) is 12.0. The van der Waals surface area contributed by atoms with Crippen LogP contribution < -0.4 is 5.32 Å². The van der Waals surface area contributed by atoms with Gasteiger partial charge in [0.25, 0.3) is 0 Å². The van der Waals surface area contributed by atoms with Crippen molar-refractivity contribution in [2.45, 2.75) is 38.4 Å². The topological polar surface area (TPSA) is 29.1 Å². The molecule has 2 atom stereocenters. The minimum atomic E-state index is -4.42. The molecule has 2 nitrogen and oxygen atoms in total. The number of aldehydes is 1. The number of hydrogen-bond acceptors (Lipinski definition) is 4. The fourth-order valence-corrected chi connectivity index (χ4v) is 4.48. The molecule has 162 valence electrons. The summed E-state index contributed by atoms with van der Waals surface area (Å²) in [5.74, 6) is 0.388. The maximum Gasteiger partial charge on any atom is 0.417 e. The van der Waals surface area contributed by atoms with Crippen LogP contribution in [0.5, 0.6) is 0 Å². The Morgan fingerprint density at radius 1 is 1.03 bits per heavy atom. The van der Waals surface area contributed by atoms with Crippen LogP contribution in [0.1, 0.15) is 46.6 Å². The highest BCUT2D eigenvalue weighted by atomic mass is 35.5. The second-order valence-electron chi connectivity index (χ2n) is 6.76. The van der Waals surface area contributed by atoms with Crippen molar-refractivity contribution in [3.8, 4) is 0 Å². The first kappa shape index (κ1) is 24.6. The second-order valence-corrected chi connectivity index (χ2v) is 9.10. The maximum atomic E-state index is 12.8. The quantitative estimate of drug-likeness (QED) is 0.363. The smallest absolute Gasteiger partial charge is 0.312 e. The van der Waals surface area contributed by atoms with Crippen molar-refractivity contribution < 1.29 is 18.0 Å². The van der Waals surface area contributed by atoms with Gasteiger partial charge in [-0.1, -0.05) is 49.7 Å². The fraction of sp³-hybridized carbons (Fsp3) is 0.318. The van der Waals surface area contributed by atoms with E-state index >= 15 is 0 Å². The minimum absolute atomic E-state index is 0.0741. The fourth-order valence-electron chi connectivity index (χ4n) is 2.65. The Balaban J connectivity index is 0.000000297. The van der Waals surface area contributed by atoms with Crippen LogP contribution in [0.15, 0.2) is 53.2 Å². The van der Waals surface area contributed by atoms with E-state index in [2.05, 4.69) is 12.2 Å². The molecule has 3 rings (SSSR count). The lowest BCUT2D eigenvalue weighted by Crippen LogP contribution is -2.20. The first-order valence-corrected chi connectivity index (χ1v) is 11.4. The molecule has 0 aliphatic carbocycles. The summed E-state index contributed by atoms with van der Waals surface area (Å²) in [6.07, 6.45) is -3.46. The summed E-state index contributed by atoms with van der Waals surface area (Å²) in [6.45, 7) is 4.98. The van der Waals surface area contributed by atoms with Crippen LogP contribution in [0.2, 0.25) is 5.02 Å². The van der Waals surface area contributed by atoms with Gasteiger partial charge in [-0.3, -0.25) is 0 Å². The Morgan fingerprint density at radius 2 is 1.67 bits per heavy atom. The third-order valence-electron chi connectivity index (χ3n) is 4.38. The Bertz CT molecular complexity index is 896. The van der Waals surface area contributed by atoms with Crippen LogP contribution in [0.4, 0.5) is 13.2 Å². The lowest BCUT2D eigenvalue weighted by molar-refractivity contribution is -0.137. The second kappa shape index (κ2) is 11.6. The normalized spacial score (nSPS) is 13.3. The van der Waals surface area contributed by atoms with E-state index in [0.29, 0.717) is 24.6 Å². The Hall–Kier alpha value is -1.67. The average molecular weight is 474 g/mol. The molecule has 3 aromatic rings. The molecule has 1 aromatic carbocycles. The van der Waals surface area contributed by atoms with Gasteiger partial charge in [0, 0.05) is 34.7 Å². The van der Waals surface area contributed by atoms with E-state index in [1.165, 1.54) is 10.9 Å². The summed E-state index contributed by atoms with van der Waals surface area (Å²) in [7, 11) is 0. The van der Waals surface area contributed by atoms with E-state index in [1.54, 1.807) is 28.7 Å². The van der Waals surface area contributed by atoms with E-state index in [4.69, 9.17) is 11.6 Å². The molecule has 0 radical (unpaired) electrons. The number of halogens is 4. The molecule has 0 aliphatic rings. The molecule has 0 bridgehead atoms. The standard InChI is InChI=1S/C15H15ClF3NS.C7H8OS/c1-10(13-6-3-7-21-13)8-20-9-11-4-2-5-12(14(11)16)15(17,18)19;1-6(5-8)7-3-2-4-9-7/h2-7,10,20H,8-9H2,1H3;2-6H,1H3. The largest absolute Gasteiger partial charge is 0.417 e. The number of benzene rings is 1. The molecule has 2 unspecified atom stereocenters. The van der Waals surface area contributed by atoms with Crippen molar-refractivity contribution >= 4 is 40.6 Å². The number of rotatable bonds is 7. The molecule has 0 spiro atoms. The predicted molar refractivity (Wildman–Crippen MR) is 120 cm³/mol. The number of nitrogens with one attached hydrogen (secondary N) is 1. The first-order chi connectivity index (χ1) is 14.2. The highest BCUT2D eigenvalue weighted by molar-refractivity contribution is 7.10. The molecule has 0 amide bonds. The predicted octanol–water partition coefficient (Wildman–Crippen LogP) is 7.36. The molecular formula is C22H23ClF3NOS2. The van der Waals surface area contributed by atoms with E-state index in [9.17, 15) is 18.0 Å². The minimum Gasteiger partial charge on any atom is -0.312 e. The molecular weight excluding hydrogens is 451 g/mol. The Morgan fingerprint density at radius 3 is 2.20 bits per heavy atom. The zero-order valence-corrected chi connectivity index (χ0v) is 19.0. The third kappa shape index (κ3) is 7.23. The van der Waals surface area contributed by atoms with Gasteiger partial charge in [-0.25, -0.2) is 0 Å². The van der Waals surface area contributed by atoms with Crippen molar-refractivity contribution in [3.63, 3.8) is 0 Å². The highest BCUT2D eigenvalue weighted by Gasteiger charge is 2.33. The van der Waals surface area contributed by atoms with Gasteiger partial charge in [-0.15, -0.1) is 22.7 Å². The number of hydrogen-bond donors (Lipinski definition) is 1. The Kier molecular flexibility index (Phi) is 9.55. The van der Waals surface area contributed by atoms with Gasteiger partial charge in [0.15, 0.2) is 0 Å². The van der Waals surface area contributed by atoms with Gasteiger partial charge < -0.3 is 10.1 Å².